The molecule has 3 rings (SSSR count). The highest BCUT2D eigenvalue weighted by atomic mass is 16.1. The minimum absolute atomic E-state index is 0.0950. The van der Waals surface area contributed by atoms with Crippen molar-refractivity contribution in [3.63, 3.8) is 0 Å². The molecule has 0 unspecified atom stereocenters. The molecule has 0 N–H and O–H groups in total. The van der Waals surface area contributed by atoms with Crippen LogP contribution >= 0.6 is 0 Å². The van der Waals surface area contributed by atoms with E-state index >= 15 is 0 Å². The summed E-state index contributed by atoms with van der Waals surface area (Å²) in [5.74, 6) is 0.0312. The molecule has 0 aromatic heterocycles. The highest BCUT2D eigenvalue weighted by molar-refractivity contribution is 6.08. The topological polar surface area (TPSA) is 46.5 Å². The van der Waals surface area contributed by atoms with Crippen LogP contribution in [0, 0.1) is 13.8 Å². The van der Waals surface area contributed by atoms with Crippen LogP contribution in [0.2, 0.25) is 0 Å². The van der Waals surface area contributed by atoms with E-state index in [9.17, 15) is 9.59 Å². The van der Waals surface area contributed by atoms with Crippen LogP contribution in [0.3, 0.4) is 0 Å². The maximum Gasteiger partial charge on any atom is 0.277 e. The van der Waals surface area contributed by atoms with Gasteiger partial charge in [0.2, 0.25) is 0 Å². The molecule has 1 aliphatic heterocycles. The molecule has 27 heavy (non-hydrogen) atoms. The maximum atomic E-state index is 11.5. The van der Waals surface area contributed by atoms with Crippen LogP contribution in [0.5, 0.6) is 0 Å². The molecule has 0 atom stereocenters. The number of aliphatic imine (C=N–C) groups is 1. The minimum Gasteiger partial charge on any atom is -0.295 e. The summed E-state index contributed by atoms with van der Waals surface area (Å²) in [6, 6.07) is 11.9. The van der Waals surface area contributed by atoms with Crippen LogP contribution in [0.1, 0.15) is 63.7 Å². The molecule has 1 heterocycles. The average molecular weight is 361 g/mol. The smallest absolute Gasteiger partial charge is 0.277 e. The lowest BCUT2D eigenvalue weighted by atomic mass is 9.97. The number of nitrogens with zero attached hydrogens (tertiary/aromatic N) is 1. The molecule has 1 amide bonds. The second-order valence-electron chi connectivity index (χ2n) is 7.34. The SMILES string of the molecule is C=C(C)Cc1cc(C)ccc1C(C)=O.CC1=NC(=O)c2cc(C)ccc2C1. The van der Waals surface area contributed by atoms with Gasteiger partial charge in [0.05, 0.1) is 0 Å². The molecular weight excluding hydrogens is 334 g/mol. The van der Waals surface area contributed by atoms with Crippen molar-refractivity contribution in [3.8, 4) is 0 Å². The predicted octanol–water partition coefficient (Wildman–Crippen LogP) is 5.47. The van der Waals surface area contributed by atoms with Gasteiger partial charge in [-0.15, -0.1) is 0 Å². The van der Waals surface area contributed by atoms with Crippen LogP contribution in [0.15, 0.2) is 53.5 Å². The van der Waals surface area contributed by atoms with Crippen LogP contribution in [-0.4, -0.2) is 17.4 Å². The van der Waals surface area contributed by atoms with Crippen LogP contribution in [0.25, 0.3) is 0 Å². The van der Waals surface area contributed by atoms with Gasteiger partial charge in [-0.2, -0.15) is 0 Å². The summed E-state index contributed by atoms with van der Waals surface area (Å²) < 4.78 is 0. The number of fused-ring (bicyclic) bond motifs is 1. The Morgan fingerprint density at radius 3 is 2.30 bits per heavy atom. The third-order valence-corrected chi connectivity index (χ3v) is 4.37. The van der Waals surface area contributed by atoms with Gasteiger partial charge in [0.25, 0.3) is 5.91 Å². The summed E-state index contributed by atoms with van der Waals surface area (Å²) in [4.78, 5) is 26.7. The van der Waals surface area contributed by atoms with E-state index in [1.165, 1.54) is 5.56 Å². The molecule has 3 heteroatoms. The summed E-state index contributed by atoms with van der Waals surface area (Å²) in [7, 11) is 0. The second-order valence-corrected chi connectivity index (χ2v) is 7.34. The Morgan fingerprint density at radius 1 is 1.04 bits per heavy atom. The third kappa shape index (κ3) is 5.58. The van der Waals surface area contributed by atoms with Crippen molar-refractivity contribution in [1.29, 1.82) is 0 Å². The molecule has 0 radical (unpaired) electrons. The van der Waals surface area contributed by atoms with E-state index in [0.717, 1.165) is 51.9 Å². The van der Waals surface area contributed by atoms with E-state index in [1.807, 2.05) is 58.0 Å². The number of Topliss-reactive ketones (excluding diaryl/α,β-unsaturated/α-hetero) is 1. The van der Waals surface area contributed by atoms with E-state index in [1.54, 1.807) is 6.92 Å². The first kappa shape index (κ1) is 20.5. The van der Waals surface area contributed by atoms with E-state index < -0.39 is 0 Å². The van der Waals surface area contributed by atoms with E-state index in [4.69, 9.17) is 0 Å². The molecule has 1 aliphatic rings. The Morgan fingerprint density at radius 2 is 1.67 bits per heavy atom. The lowest BCUT2D eigenvalue weighted by molar-refractivity contribution is 0.0995. The summed E-state index contributed by atoms with van der Waals surface area (Å²) >= 11 is 0. The van der Waals surface area contributed by atoms with Crippen molar-refractivity contribution in [2.75, 3.05) is 0 Å². The molecule has 0 aliphatic carbocycles. The molecule has 0 spiro atoms. The van der Waals surface area contributed by atoms with Gasteiger partial charge >= 0.3 is 0 Å². The van der Waals surface area contributed by atoms with Gasteiger partial charge in [0.15, 0.2) is 5.78 Å². The predicted molar refractivity (Wildman–Crippen MR) is 112 cm³/mol. The standard InChI is InChI=1S/C13H16O.C11H11NO/c1-9(2)7-12-8-10(3)5-6-13(12)11(4)14;1-7-3-4-9-6-8(2)12-11(13)10(9)5-7/h5-6,8H,1,7H2,2-4H3;3-5H,6H2,1-2H3. The number of ketones is 1. The molecular formula is C24H27NO2. The van der Waals surface area contributed by atoms with Crippen molar-refractivity contribution in [1.82, 2.24) is 0 Å². The summed E-state index contributed by atoms with van der Waals surface area (Å²) in [6.07, 6.45) is 1.60. The van der Waals surface area contributed by atoms with Crippen molar-refractivity contribution in [3.05, 3.63) is 81.9 Å². The quantitative estimate of drug-likeness (QED) is 0.538. The minimum atomic E-state index is -0.0950. The highest BCUT2D eigenvalue weighted by Crippen LogP contribution is 2.18. The summed E-state index contributed by atoms with van der Waals surface area (Å²) in [5.41, 5.74) is 8.06. The number of aryl methyl sites for hydroxylation is 2. The average Bonchev–Trinajstić information content (AvgIpc) is 2.55. The van der Waals surface area contributed by atoms with Crippen LogP contribution in [-0.2, 0) is 12.8 Å². The largest absolute Gasteiger partial charge is 0.295 e. The number of rotatable bonds is 3. The molecule has 2 aromatic rings. The number of hydrogen-bond acceptors (Lipinski definition) is 2. The molecule has 0 saturated carbocycles. The lowest BCUT2D eigenvalue weighted by Gasteiger charge is -2.12. The Hall–Kier alpha value is -2.81. The third-order valence-electron chi connectivity index (χ3n) is 4.37. The molecule has 3 nitrogen and oxygen atoms in total. The Labute approximate surface area is 161 Å². The van der Waals surface area contributed by atoms with Crippen molar-refractivity contribution in [2.24, 2.45) is 4.99 Å². The van der Waals surface area contributed by atoms with Crippen molar-refractivity contribution >= 4 is 17.4 Å². The van der Waals surface area contributed by atoms with Crippen molar-refractivity contribution in [2.45, 2.75) is 47.5 Å². The second kappa shape index (κ2) is 8.72. The molecule has 0 fully saturated rings. The summed E-state index contributed by atoms with van der Waals surface area (Å²) in [5, 5.41) is 0. The zero-order valence-electron chi connectivity index (χ0n) is 16.8. The first-order valence-electron chi connectivity index (χ1n) is 9.10. The number of carbonyl (C=O) groups excluding carboxylic acids is 2. The van der Waals surface area contributed by atoms with Crippen LogP contribution < -0.4 is 0 Å². The number of hydrogen-bond donors (Lipinski definition) is 0. The number of benzene rings is 2. The monoisotopic (exact) mass is 361 g/mol. The van der Waals surface area contributed by atoms with E-state index in [0.29, 0.717) is 0 Å². The molecule has 2 aromatic carbocycles. The Kier molecular flexibility index (Phi) is 6.62. The van der Waals surface area contributed by atoms with E-state index in [-0.39, 0.29) is 11.7 Å². The highest BCUT2D eigenvalue weighted by Gasteiger charge is 2.16. The molecule has 0 bridgehead atoms. The zero-order chi connectivity index (χ0) is 20.1. The summed E-state index contributed by atoms with van der Waals surface area (Å²) in [6.45, 7) is 13.4. The Balaban J connectivity index is 0.000000194. The van der Waals surface area contributed by atoms with Gasteiger partial charge in [0.1, 0.15) is 0 Å². The Bertz CT molecular complexity index is 935. The van der Waals surface area contributed by atoms with Gasteiger partial charge in [-0.05, 0) is 58.2 Å². The fourth-order valence-corrected chi connectivity index (χ4v) is 3.13. The fraction of sp³-hybridized carbons (Fsp3) is 0.292. The first-order chi connectivity index (χ1) is 12.7. The van der Waals surface area contributed by atoms with Gasteiger partial charge in [0, 0.05) is 23.3 Å². The maximum absolute atomic E-state index is 11.5. The van der Waals surface area contributed by atoms with Gasteiger partial charge < -0.3 is 0 Å². The lowest BCUT2D eigenvalue weighted by Crippen LogP contribution is -2.13. The number of carbonyl (C=O) groups is 2. The molecule has 140 valence electrons. The van der Waals surface area contributed by atoms with Crippen LogP contribution in [0.4, 0.5) is 0 Å². The van der Waals surface area contributed by atoms with Gasteiger partial charge in [-0.1, -0.05) is 53.6 Å². The van der Waals surface area contributed by atoms with Gasteiger partial charge in [-0.3, -0.25) is 9.59 Å². The normalized spacial score (nSPS) is 12.5. The molecule has 0 saturated heterocycles. The fourth-order valence-electron chi connectivity index (χ4n) is 3.13. The zero-order valence-corrected chi connectivity index (χ0v) is 16.8. The van der Waals surface area contributed by atoms with Gasteiger partial charge in [-0.25, -0.2) is 4.99 Å². The number of amides is 1. The number of allylic oxidation sites excluding steroid dienone is 1. The first-order valence-corrected chi connectivity index (χ1v) is 9.10. The van der Waals surface area contributed by atoms with E-state index in [2.05, 4.69) is 17.6 Å². The van der Waals surface area contributed by atoms with Crippen molar-refractivity contribution < 1.29 is 9.59 Å².